The summed E-state index contributed by atoms with van der Waals surface area (Å²) in [6.07, 6.45) is 0.812. The lowest BCUT2D eigenvalue weighted by molar-refractivity contribution is -0.121. The molecule has 1 aromatic rings. The number of anilines is 1. The fourth-order valence-electron chi connectivity index (χ4n) is 2.55. The van der Waals surface area contributed by atoms with Crippen molar-refractivity contribution in [3.8, 4) is 0 Å². The number of nitrogens with one attached hydrogen (secondary N) is 2. The predicted molar refractivity (Wildman–Crippen MR) is 91.5 cm³/mol. The van der Waals surface area contributed by atoms with Crippen LogP contribution in [0, 0.1) is 5.82 Å². The minimum atomic E-state index is -0.445. The number of benzene rings is 1. The monoisotopic (exact) mass is 336 g/mol. The van der Waals surface area contributed by atoms with Gasteiger partial charge < -0.3 is 10.2 Å². The van der Waals surface area contributed by atoms with E-state index in [4.69, 9.17) is 0 Å². The molecular formula is C17H25FN4O2. The van der Waals surface area contributed by atoms with Crippen molar-refractivity contribution < 1.29 is 14.0 Å². The third-order valence-electron chi connectivity index (χ3n) is 4.17. The molecule has 2 N–H and O–H groups in total. The fraction of sp³-hybridized carbons (Fsp3) is 0.529. The van der Waals surface area contributed by atoms with E-state index in [1.54, 1.807) is 12.1 Å². The highest BCUT2D eigenvalue weighted by Crippen LogP contribution is 2.16. The van der Waals surface area contributed by atoms with Crippen LogP contribution in [0.5, 0.6) is 0 Å². The van der Waals surface area contributed by atoms with E-state index in [1.807, 2.05) is 18.7 Å². The first-order chi connectivity index (χ1) is 11.5. The van der Waals surface area contributed by atoms with Gasteiger partial charge >= 0.3 is 6.03 Å². The van der Waals surface area contributed by atoms with Gasteiger partial charge in [0.1, 0.15) is 5.82 Å². The van der Waals surface area contributed by atoms with Gasteiger partial charge in [-0.3, -0.25) is 15.0 Å². The summed E-state index contributed by atoms with van der Waals surface area (Å²) in [5, 5.41) is 5.06. The van der Waals surface area contributed by atoms with Crippen LogP contribution in [0.3, 0.4) is 0 Å². The molecule has 1 heterocycles. The van der Waals surface area contributed by atoms with Crippen LogP contribution < -0.4 is 15.5 Å². The first kappa shape index (κ1) is 18.2. The number of imide groups is 1. The standard InChI is InChI=1S/C17H25FN4O2/c1-3-13(2)19-17(24)20-16(23)12-21-8-10-22(11-9-21)15-6-4-14(18)5-7-15/h4-7,13H,3,8-12H2,1-2H3,(H2,19,20,23,24)/t13-/m1/s1. The molecule has 0 unspecified atom stereocenters. The molecule has 0 aliphatic carbocycles. The molecule has 1 saturated heterocycles. The van der Waals surface area contributed by atoms with E-state index < -0.39 is 6.03 Å². The summed E-state index contributed by atoms with van der Waals surface area (Å²) >= 11 is 0. The Balaban J connectivity index is 1.73. The number of hydrogen-bond acceptors (Lipinski definition) is 4. The van der Waals surface area contributed by atoms with Crippen molar-refractivity contribution in [2.75, 3.05) is 37.6 Å². The zero-order valence-corrected chi connectivity index (χ0v) is 14.2. The number of piperazine rings is 1. The highest BCUT2D eigenvalue weighted by Gasteiger charge is 2.20. The van der Waals surface area contributed by atoms with Crippen molar-refractivity contribution in [3.05, 3.63) is 30.1 Å². The van der Waals surface area contributed by atoms with E-state index in [1.165, 1.54) is 12.1 Å². The van der Waals surface area contributed by atoms with Crippen molar-refractivity contribution in [1.29, 1.82) is 0 Å². The Morgan fingerprint density at radius 1 is 1.17 bits per heavy atom. The molecular weight excluding hydrogens is 311 g/mol. The molecule has 132 valence electrons. The van der Waals surface area contributed by atoms with Gasteiger partial charge in [0, 0.05) is 37.9 Å². The molecule has 0 aromatic heterocycles. The summed E-state index contributed by atoms with van der Waals surface area (Å²) in [7, 11) is 0. The molecule has 3 amide bonds. The van der Waals surface area contributed by atoms with Crippen molar-refractivity contribution in [3.63, 3.8) is 0 Å². The first-order valence-electron chi connectivity index (χ1n) is 8.31. The summed E-state index contributed by atoms with van der Waals surface area (Å²) in [6, 6.07) is 6.01. The average Bonchev–Trinajstić information content (AvgIpc) is 2.56. The Kier molecular flexibility index (Phi) is 6.54. The summed E-state index contributed by atoms with van der Waals surface area (Å²) in [6.45, 7) is 7.02. The number of carbonyl (C=O) groups is 2. The molecule has 1 aromatic carbocycles. The van der Waals surface area contributed by atoms with E-state index in [-0.39, 0.29) is 24.3 Å². The molecule has 1 fully saturated rings. The summed E-state index contributed by atoms with van der Waals surface area (Å²) < 4.78 is 13.0. The van der Waals surface area contributed by atoms with E-state index >= 15 is 0 Å². The Labute approximate surface area is 142 Å². The summed E-state index contributed by atoms with van der Waals surface area (Å²) in [4.78, 5) is 27.7. The van der Waals surface area contributed by atoms with E-state index in [0.717, 1.165) is 38.3 Å². The maximum Gasteiger partial charge on any atom is 0.321 e. The smallest absolute Gasteiger partial charge is 0.321 e. The number of halogens is 1. The number of amides is 3. The van der Waals surface area contributed by atoms with Crippen LogP contribution in [0.4, 0.5) is 14.9 Å². The quantitative estimate of drug-likeness (QED) is 0.857. The average molecular weight is 336 g/mol. The van der Waals surface area contributed by atoms with Crippen LogP contribution in [0.25, 0.3) is 0 Å². The van der Waals surface area contributed by atoms with Crippen LogP contribution in [-0.4, -0.2) is 55.6 Å². The van der Waals surface area contributed by atoms with Gasteiger partial charge in [0.05, 0.1) is 6.54 Å². The highest BCUT2D eigenvalue weighted by molar-refractivity contribution is 5.95. The van der Waals surface area contributed by atoms with Crippen LogP contribution in [0.2, 0.25) is 0 Å². The van der Waals surface area contributed by atoms with Gasteiger partial charge in [0.15, 0.2) is 0 Å². The number of rotatable bonds is 5. The number of nitrogens with zero attached hydrogens (tertiary/aromatic N) is 2. The van der Waals surface area contributed by atoms with Gasteiger partial charge in [-0.05, 0) is 37.6 Å². The first-order valence-corrected chi connectivity index (χ1v) is 8.31. The lowest BCUT2D eigenvalue weighted by Crippen LogP contribution is -2.51. The Hall–Kier alpha value is -2.15. The van der Waals surface area contributed by atoms with Crippen molar-refractivity contribution in [2.45, 2.75) is 26.3 Å². The SMILES string of the molecule is CC[C@@H](C)NC(=O)NC(=O)CN1CCN(c2ccc(F)cc2)CC1. The lowest BCUT2D eigenvalue weighted by Gasteiger charge is -2.35. The van der Waals surface area contributed by atoms with Crippen LogP contribution in [-0.2, 0) is 4.79 Å². The topological polar surface area (TPSA) is 64.7 Å². The molecule has 1 aliphatic heterocycles. The third-order valence-corrected chi connectivity index (χ3v) is 4.17. The second-order valence-electron chi connectivity index (χ2n) is 6.07. The molecule has 2 rings (SSSR count). The van der Waals surface area contributed by atoms with Crippen LogP contribution >= 0.6 is 0 Å². The molecule has 0 bridgehead atoms. The number of carbonyl (C=O) groups excluding carboxylic acids is 2. The maximum atomic E-state index is 13.0. The molecule has 0 radical (unpaired) electrons. The van der Waals surface area contributed by atoms with E-state index in [2.05, 4.69) is 15.5 Å². The molecule has 0 spiro atoms. The third kappa shape index (κ3) is 5.49. The van der Waals surface area contributed by atoms with Gasteiger partial charge in [0.2, 0.25) is 5.91 Å². The Morgan fingerprint density at radius 3 is 2.38 bits per heavy atom. The Bertz CT molecular complexity index is 556. The highest BCUT2D eigenvalue weighted by atomic mass is 19.1. The van der Waals surface area contributed by atoms with Gasteiger partial charge in [-0.1, -0.05) is 6.92 Å². The van der Waals surface area contributed by atoms with Gasteiger partial charge in [-0.2, -0.15) is 0 Å². The van der Waals surface area contributed by atoms with Crippen LogP contribution in [0.1, 0.15) is 20.3 Å². The van der Waals surface area contributed by atoms with Gasteiger partial charge in [-0.15, -0.1) is 0 Å². The minimum absolute atomic E-state index is 0.0389. The maximum absolute atomic E-state index is 13.0. The largest absolute Gasteiger partial charge is 0.369 e. The minimum Gasteiger partial charge on any atom is -0.369 e. The fourth-order valence-corrected chi connectivity index (χ4v) is 2.55. The molecule has 0 saturated carbocycles. The molecule has 6 nitrogen and oxygen atoms in total. The van der Waals surface area contributed by atoms with Gasteiger partial charge in [0.25, 0.3) is 0 Å². The van der Waals surface area contributed by atoms with Crippen molar-refractivity contribution >= 4 is 17.6 Å². The number of urea groups is 1. The number of hydrogen-bond donors (Lipinski definition) is 2. The van der Waals surface area contributed by atoms with Crippen molar-refractivity contribution in [1.82, 2.24) is 15.5 Å². The molecule has 24 heavy (non-hydrogen) atoms. The predicted octanol–water partition coefficient (Wildman–Crippen LogP) is 1.57. The van der Waals surface area contributed by atoms with Gasteiger partial charge in [-0.25, -0.2) is 9.18 Å². The molecule has 1 atom stereocenters. The lowest BCUT2D eigenvalue weighted by atomic mass is 10.2. The normalized spacial score (nSPS) is 16.5. The van der Waals surface area contributed by atoms with E-state index in [0.29, 0.717) is 0 Å². The summed E-state index contributed by atoms with van der Waals surface area (Å²) in [5.41, 5.74) is 0.980. The summed E-state index contributed by atoms with van der Waals surface area (Å²) in [5.74, 6) is -0.546. The zero-order chi connectivity index (χ0) is 17.5. The van der Waals surface area contributed by atoms with Crippen molar-refractivity contribution in [2.24, 2.45) is 0 Å². The molecule has 7 heteroatoms. The zero-order valence-electron chi connectivity index (χ0n) is 14.2. The molecule has 1 aliphatic rings. The Morgan fingerprint density at radius 2 is 1.79 bits per heavy atom. The second kappa shape index (κ2) is 8.63. The second-order valence-corrected chi connectivity index (χ2v) is 6.07. The van der Waals surface area contributed by atoms with E-state index in [9.17, 15) is 14.0 Å². The van der Waals surface area contributed by atoms with Crippen LogP contribution in [0.15, 0.2) is 24.3 Å².